The Hall–Kier alpha value is -1.86. The Kier molecular flexibility index (Phi) is 3.82. The number of benzene rings is 2. The van der Waals surface area contributed by atoms with E-state index in [1.807, 2.05) is 4.72 Å². The zero-order valence-electron chi connectivity index (χ0n) is 9.90. The second-order valence-electron chi connectivity index (χ2n) is 3.89. The van der Waals surface area contributed by atoms with E-state index < -0.39 is 27.3 Å². The van der Waals surface area contributed by atoms with Crippen molar-refractivity contribution in [2.45, 2.75) is 4.90 Å². The number of halogens is 3. The number of nitrogens with one attached hydrogen (secondary N) is 1. The van der Waals surface area contributed by atoms with E-state index >= 15 is 0 Å². The highest BCUT2D eigenvalue weighted by Gasteiger charge is 2.19. The Morgan fingerprint density at radius 1 is 1.10 bits per heavy atom. The van der Waals surface area contributed by atoms with Gasteiger partial charge in [0.2, 0.25) is 0 Å². The molecule has 0 radical (unpaired) electrons. The predicted molar refractivity (Wildman–Crippen MR) is 73.0 cm³/mol. The van der Waals surface area contributed by atoms with Gasteiger partial charge < -0.3 is 5.73 Å². The van der Waals surface area contributed by atoms with Crippen LogP contribution in [0.25, 0.3) is 0 Å². The third-order valence-corrected chi connectivity index (χ3v) is 4.17. The number of sulfonamides is 1. The van der Waals surface area contributed by atoms with Gasteiger partial charge in [-0.1, -0.05) is 17.7 Å². The van der Waals surface area contributed by atoms with Gasteiger partial charge in [-0.2, -0.15) is 0 Å². The van der Waals surface area contributed by atoms with E-state index in [9.17, 15) is 17.2 Å². The number of anilines is 2. The Bertz CT molecular complexity index is 746. The smallest absolute Gasteiger partial charge is 0.262 e. The van der Waals surface area contributed by atoms with E-state index in [2.05, 4.69) is 0 Å². The average molecular weight is 319 g/mol. The highest BCUT2D eigenvalue weighted by atomic mass is 35.5. The van der Waals surface area contributed by atoms with Gasteiger partial charge >= 0.3 is 0 Å². The third kappa shape index (κ3) is 2.83. The maximum Gasteiger partial charge on any atom is 0.262 e. The molecule has 106 valence electrons. The van der Waals surface area contributed by atoms with Crippen LogP contribution in [0.5, 0.6) is 0 Å². The lowest BCUT2D eigenvalue weighted by Gasteiger charge is -2.10. The molecule has 3 N–H and O–H groups in total. The Labute approximate surface area is 119 Å². The largest absolute Gasteiger partial charge is 0.397 e. The molecule has 0 saturated heterocycles. The summed E-state index contributed by atoms with van der Waals surface area (Å²) in [4.78, 5) is -0.248. The van der Waals surface area contributed by atoms with Gasteiger partial charge in [0.1, 0.15) is 17.3 Å². The van der Waals surface area contributed by atoms with Crippen LogP contribution < -0.4 is 10.5 Å². The van der Waals surface area contributed by atoms with Gasteiger partial charge in [0.15, 0.2) is 0 Å². The van der Waals surface area contributed by atoms with Crippen LogP contribution in [0.2, 0.25) is 5.02 Å². The lowest BCUT2D eigenvalue weighted by atomic mass is 10.3. The molecule has 0 aliphatic carbocycles. The average Bonchev–Trinajstić information content (AvgIpc) is 2.37. The molecule has 0 unspecified atom stereocenters. The first-order valence-electron chi connectivity index (χ1n) is 5.33. The first kappa shape index (κ1) is 14.5. The fourth-order valence-electron chi connectivity index (χ4n) is 1.48. The monoisotopic (exact) mass is 318 g/mol. The SMILES string of the molecule is Nc1cc(S(=O)(=O)Nc2c(F)cccc2F)ccc1Cl. The maximum absolute atomic E-state index is 13.4. The molecule has 0 fully saturated rings. The van der Waals surface area contributed by atoms with E-state index in [0.717, 1.165) is 24.3 Å². The van der Waals surface area contributed by atoms with Crippen molar-refractivity contribution >= 4 is 33.0 Å². The molecule has 0 amide bonds. The standard InChI is InChI=1S/C12H9ClF2N2O2S/c13-8-5-4-7(6-11(8)16)20(18,19)17-12-9(14)2-1-3-10(12)15/h1-6,17H,16H2. The summed E-state index contributed by atoms with van der Waals surface area (Å²) >= 11 is 5.68. The molecule has 2 aromatic rings. The Morgan fingerprint density at radius 2 is 1.70 bits per heavy atom. The molecule has 0 aromatic heterocycles. The van der Waals surface area contributed by atoms with Gasteiger partial charge in [-0.25, -0.2) is 17.2 Å². The molecule has 0 saturated carbocycles. The highest BCUT2D eigenvalue weighted by Crippen LogP contribution is 2.25. The van der Waals surface area contributed by atoms with Crippen molar-refractivity contribution in [3.63, 3.8) is 0 Å². The molecule has 2 rings (SSSR count). The summed E-state index contributed by atoms with van der Waals surface area (Å²) < 4.78 is 52.7. The van der Waals surface area contributed by atoms with E-state index in [0.29, 0.717) is 0 Å². The van der Waals surface area contributed by atoms with Crippen LogP contribution in [0.15, 0.2) is 41.3 Å². The van der Waals surface area contributed by atoms with Gasteiger partial charge in [0, 0.05) is 0 Å². The van der Waals surface area contributed by atoms with Gasteiger partial charge in [-0.05, 0) is 30.3 Å². The van der Waals surface area contributed by atoms with Crippen molar-refractivity contribution in [3.8, 4) is 0 Å². The lowest BCUT2D eigenvalue weighted by molar-refractivity contribution is 0.583. The third-order valence-electron chi connectivity index (χ3n) is 2.48. The molecule has 0 aliphatic heterocycles. The molecular weight excluding hydrogens is 310 g/mol. The minimum Gasteiger partial charge on any atom is -0.397 e. The van der Waals surface area contributed by atoms with E-state index in [1.165, 1.54) is 12.1 Å². The number of hydrogen-bond donors (Lipinski definition) is 2. The first-order valence-corrected chi connectivity index (χ1v) is 7.19. The van der Waals surface area contributed by atoms with E-state index in [-0.39, 0.29) is 15.6 Å². The summed E-state index contributed by atoms with van der Waals surface area (Å²) in [7, 11) is -4.17. The quantitative estimate of drug-likeness (QED) is 0.854. The summed E-state index contributed by atoms with van der Waals surface area (Å²) in [5, 5.41) is 0.182. The fraction of sp³-hybridized carbons (Fsp3) is 0. The van der Waals surface area contributed by atoms with Crippen LogP contribution in [0.3, 0.4) is 0 Å². The van der Waals surface area contributed by atoms with E-state index in [1.54, 1.807) is 0 Å². The van der Waals surface area contributed by atoms with Crippen LogP contribution in [0.1, 0.15) is 0 Å². The van der Waals surface area contributed by atoms with Crippen molar-refractivity contribution in [1.29, 1.82) is 0 Å². The normalized spacial score (nSPS) is 11.3. The van der Waals surface area contributed by atoms with Gasteiger partial charge in [0.05, 0.1) is 15.6 Å². The van der Waals surface area contributed by atoms with Gasteiger partial charge in [-0.3, -0.25) is 4.72 Å². The summed E-state index contributed by atoms with van der Waals surface area (Å²) in [6, 6.07) is 6.57. The fourth-order valence-corrected chi connectivity index (χ4v) is 2.71. The van der Waals surface area contributed by atoms with Crippen LogP contribution in [-0.4, -0.2) is 8.42 Å². The van der Waals surface area contributed by atoms with Crippen molar-refractivity contribution in [1.82, 2.24) is 0 Å². The zero-order valence-corrected chi connectivity index (χ0v) is 11.5. The van der Waals surface area contributed by atoms with Gasteiger partial charge in [0.25, 0.3) is 10.0 Å². The molecule has 0 heterocycles. The molecular formula is C12H9ClF2N2O2S. The second kappa shape index (κ2) is 5.26. The van der Waals surface area contributed by atoms with Gasteiger partial charge in [-0.15, -0.1) is 0 Å². The van der Waals surface area contributed by atoms with E-state index in [4.69, 9.17) is 17.3 Å². The summed E-state index contributed by atoms with van der Waals surface area (Å²) in [5.74, 6) is -2.04. The number of para-hydroxylation sites is 1. The van der Waals surface area contributed by atoms with Crippen LogP contribution in [0.4, 0.5) is 20.2 Å². The molecule has 4 nitrogen and oxygen atoms in total. The lowest BCUT2D eigenvalue weighted by Crippen LogP contribution is -2.15. The minimum atomic E-state index is -4.17. The molecule has 8 heteroatoms. The number of rotatable bonds is 3. The summed E-state index contributed by atoms with van der Waals surface area (Å²) in [6.45, 7) is 0. The number of hydrogen-bond acceptors (Lipinski definition) is 3. The van der Waals surface area contributed by atoms with Crippen molar-refractivity contribution < 1.29 is 17.2 Å². The molecule has 20 heavy (non-hydrogen) atoms. The zero-order chi connectivity index (χ0) is 14.9. The molecule has 0 spiro atoms. The van der Waals surface area contributed by atoms with Crippen molar-refractivity contribution in [2.24, 2.45) is 0 Å². The highest BCUT2D eigenvalue weighted by molar-refractivity contribution is 7.92. The van der Waals surface area contributed by atoms with Crippen LogP contribution >= 0.6 is 11.6 Å². The second-order valence-corrected chi connectivity index (χ2v) is 5.98. The Balaban J connectivity index is 2.43. The number of nitrogens with two attached hydrogens (primary N) is 1. The Morgan fingerprint density at radius 3 is 2.25 bits per heavy atom. The van der Waals surface area contributed by atoms with Crippen molar-refractivity contribution in [3.05, 3.63) is 53.1 Å². The number of nitrogen functional groups attached to an aromatic ring is 1. The minimum absolute atomic E-state index is 0.0450. The van der Waals surface area contributed by atoms with Crippen LogP contribution in [-0.2, 0) is 10.0 Å². The molecule has 0 atom stereocenters. The molecule has 0 aliphatic rings. The predicted octanol–water partition coefficient (Wildman–Crippen LogP) is 3.00. The summed E-state index contributed by atoms with van der Waals surface area (Å²) in [5.41, 5.74) is 4.79. The first-order chi connectivity index (χ1) is 9.31. The molecule has 0 bridgehead atoms. The topological polar surface area (TPSA) is 72.2 Å². The van der Waals surface area contributed by atoms with Crippen LogP contribution in [0, 0.1) is 11.6 Å². The molecule has 2 aromatic carbocycles. The summed E-state index contributed by atoms with van der Waals surface area (Å²) in [6.07, 6.45) is 0. The van der Waals surface area contributed by atoms with Crippen molar-refractivity contribution in [2.75, 3.05) is 10.5 Å². The maximum atomic E-state index is 13.4.